The van der Waals surface area contributed by atoms with Crippen molar-refractivity contribution >= 4 is 29.6 Å². The molecule has 0 bridgehead atoms. The van der Waals surface area contributed by atoms with E-state index in [0.29, 0.717) is 22.8 Å². The number of benzene rings is 2. The molecule has 2 aromatic carbocycles. The lowest BCUT2D eigenvalue weighted by molar-refractivity contribution is -0.122. The predicted octanol–water partition coefficient (Wildman–Crippen LogP) is 2.38. The Balaban J connectivity index is 2.10. The van der Waals surface area contributed by atoms with E-state index in [2.05, 4.69) is 5.32 Å². The molecule has 0 unspecified atom stereocenters. The molecule has 8 nitrogen and oxygen atoms in total. The molecule has 1 saturated heterocycles. The van der Waals surface area contributed by atoms with Gasteiger partial charge in [0.2, 0.25) is 0 Å². The largest absolute Gasteiger partial charge is 0.495 e. The highest BCUT2D eigenvalue weighted by Crippen LogP contribution is 2.34. The van der Waals surface area contributed by atoms with E-state index in [1.54, 1.807) is 42.5 Å². The van der Waals surface area contributed by atoms with E-state index in [9.17, 15) is 14.4 Å². The monoisotopic (exact) mass is 382 g/mol. The van der Waals surface area contributed by atoms with Gasteiger partial charge in [0.15, 0.2) is 11.5 Å². The summed E-state index contributed by atoms with van der Waals surface area (Å²) in [5.74, 6) is -0.454. The summed E-state index contributed by atoms with van der Waals surface area (Å²) < 4.78 is 15.8. The van der Waals surface area contributed by atoms with Gasteiger partial charge in [-0.1, -0.05) is 24.3 Å². The van der Waals surface area contributed by atoms with Crippen LogP contribution in [0.4, 0.5) is 10.5 Å². The number of hydrogen-bond donors (Lipinski definition) is 1. The fraction of sp³-hybridized carbons (Fsp3) is 0.150. The molecule has 8 heteroatoms. The van der Waals surface area contributed by atoms with Gasteiger partial charge in [-0.15, -0.1) is 0 Å². The first-order valence-corrected chi connectivity index (χ1v) is 8.27. The Morgan fingerprint density at radius 1 is 0.857 bits per heavy atom. The van der Waals surface area contributed by atoms with Crippen LogP contribution in [0.5, 0.6) is 17.2 Å². The highest BCUT2D eigenvalue weighted by molar-refractivity contribution is 6.39. The Labute approximate surface area is 161 Å². The van der Waals surface area contributed by atoms with E-state index in [-0.39, 0.29) is 11.3 Å². The van der Waals surface area contributed by atoms with Gasteiger partial charge < -0.3 is 14.2 Å². The number of nitrogens with one attached hydrogen (secondary N) is 1. The van der Waals surface area contributed by atoms with Crippen molar-refractivity contribution in [3.63, 3.8) is 0 Å². The van der Waals surface area contributed by atoms with Crippen LogP contribution in [0.25, 0.3) is 6.08 Å². The first-order valence-electron chi connectivity index (χ1n) is 8.27. The van der Waals surface area contributed by atoms with Crippen LogP contribution < -0.4 is 24.4 Å². The van der Waals surface area contributed by atoms with Crippen LogP contribution in [-0.2, 0) is 9.59 Å². The number of amides is 4. The molecule has 0 spiro atoms. The lowest BCUT2D eigenvalue weighted by Gasteiger charge is -2.27. The first kappa shape index (κ1) is 19.0. The molecule has 0 aromatic heterocycles. The number of carbonyl (C=O) groups excluding carboxylic acids is 3. The zero-order chi connectivity index (χ0) is 20.3. The maximum absolute atomic E-state index is 13.0. The molecule has 0 aliphatic carbocycles. The fourth-order valence-electron chi connectivity index (χ4n) is 2.87. The van der Waals surface area contributed by atoms with E-state index < -0.39 is 17.8 Å². The average molecular weight is 382 g/mol. The van der Waals surface area contributed by atoms with E-state index in [4.69, 9.17) is 14.2 Å². The second-order valence-corrected chi connectivity index (χ2v) is 5.71. The van der Waals surface area contributed by atoms with Gasteiger partial charge in [-0.3, -0.25) is 14.9 Å². The summed E-state index contributed by atoms with van der Waals surface area (Å²) in [5.41, 5.74) is 0.454. The van der Waals surface area contributed by atoms with Crippen LogP contribution in [0.2, 0.25) is 0 Å². The quantitative estimate of drug-likeness (QED) is 0.630. The van der Waals surface area contributed by atoms with Crippen LogP contribution in [0.3, 0.4) is 0 Å². The summed E-state index contributed by atoms with van der Waals surface area (Å²) in [6.45, 7) is 0. The number of hydrogen-bond acceptors (Lipinski definition) is 6. The van der Waals surface area contributed by atoms with Crippen LogP contribution in [0, 0.1) is 0 Å². The molecule has 0 saturated carbocycles. The van der Waals surface area contributed by atoms with Crippen LogP contribution in [0.1, 0.15) is 5.56 Å². The van der Waals surface area contributed by atoms with Crippen molar-refractivity contribution < 1.29 is 28.6 Å². The summed E-state index contributed by atoms with van der Waals surface area (Å²) >= 11 is 0. The number of anilines is 1. The molecule has 4 amide bonds. The minimum atomic E-state index is -0.853. The van der Waals surface area contributed by atoms with Gasteiger partial charge >= 0.3 is 6.03 Å². The third kappa shape index (κ3) is 3.27. The van der Waals surface area contributed by atoms with E-state index in [1.807, 2.05) is 0 Å². The third-order valence-corrected chi connectivity index (χ3v) is 4.16. The fourth-order valence-corrected chi connectivity index (χ4v) is 2.87. The van der Waals surface area contributed by atoms with Crippen LogP contribution in [0.15, 0.2) is 48.0 Å². The number of urea groups is 1. The number of rotatable bonds is 5. The molecular weight excluding hydrogens is 364 g/mol. The number of nitrogens with zero attached hydrogens (tertiary/aromatic N) is 1. The standard InChI is InChI=1S/C20H18N2O6/c1-26-15-9-5-4-8-14(15)22-19(24)13(18(23)21-20(22)25)11-12-7-6-10-16(27-2)17(12)28-3/h4-11H,1-3H3,(H,21,23,25)/b13-11-. The molecule has 2 aromatic rings. The third-order valence-electron chi connectivity index (χ3n) is 4.16. The van der Waals surface area contributed by atoms with Crippen molar-refractivity contribution in [1.82, 2.24) is 5.32 Å². The van der Waals surface area contributed by atoms with Crippen LogP contribution in [-0.4, -0.2) is 39.2 Å². The Bertz CT molecular complexity index is 982. The number of barbiturate groups is 1. The second kappa shape index (κ2) is 7.83. The topological polar surface area (TPSA) is 94.2 Å². The zero-order valence-corrected chi connectivity index (χ0v) is 15.5. The summed E-state index contributed by atoms with van der Waals surface area (Å²) in [7, 11) is 4.36. The van der Waals surface area contributed by atoms with Crippen molar-refractivity contribution in [3.8, 4) is 17.2 Å². The molecule has 1 N–H and O–H groups in total. The highest BCUT2D eigenvalue weighted by Gasteiger charge is 2.38. The summed E-state index contributed by atoms with van der Waals surface area (Å²) in [6.07, 6.45) is 1.36. The minimum absolute atomic E-state index is 0.225. The maximum atomic E-state index is 13.0. The Kier molecular flexibility index (Phi) is 5.30. The summed E-state index contributed by atoms with van der Waals surface area (Å²) in [5, 5.41) is 2.18. The first-order chi connectivity index (χ1) is 13.5. The van der Waals surface area contributed by atoms with E-state index in [0.717, 1.165) is 4.90 Å². The van der Waals surface area contributed by atoms with Gasteiger partial charge in [-0.2, -0.15) is 0 Å². The molecule has 28 heavy (non-hydrogen) atoms. The molecule has 1 aliphatic rings. The second-order valence-electron chi connectivity index (χ2n) is 5.71. The maximum Gasteiger partial charge on any atom is 0.336 e. The molecule has 0 radical (unpaired) electrons. The molecule has 1 heterocycles. The van der Waals surface area contributed by atoms with Gasteiger partial charge in [0.25, 0.3) is 11.8 Å². The Morgan fingerprint density at radius 2 is 1.54 bits per heavy atom. The molecule has 1 fully saturated rings. The normalized spacial score (nSPS) is 15.5. The zero-order valence-electron chi connectivity index (χ0n) is 15.5. The molecule has 1 aliphatic heterocycles. The molecule has 3 rings (SSSR count). The van der Waals surface area contributed by atoms with Crippen molar-refractivity contribution in [3.05, 3.63) is 53.6 Å². The molecule has 0 atom stereocenters. The van der Waals surface area contributed by atoms with Gasteiger partial charge in [-0.25, -0.2) is 9.69 Å². The SMILES string of the molecule is COc1ccccc1N1C(=O)NC(=O)/C(=C/c2cccc(OC)c2OC)C1=O. The van der Waals surface area contributed by atoms with Crippen molar-refractivity contribution in [2.24, 2.45) is 0 Å². The van der Waals surface area contributed by atoms with E-state index in [1.165, 1.54) is 27.4 Å². The lowest BCUT2D eigenvalue weighted by atomic mass is 10.1. The van der Waals surface area contributed by atoms with Crippen molar-refractivity contribution in [2.75, 3.05) is 26.2 Å². The highest BCUT2D eigenvalue weighted by atomic mass is 16.5. The average Bonchev–Trinajstić information content (AvgIpc) is 2.70. The van der Waals surface area contributed by atoms with E-state index >= 15 is 0 Å². The number of imide groups is 2. The minimum Gasteiger partial charge on any atom is -0.495 e. The smallest absolute Gasteiger partial charge is 0.336 e. The van der Waals surface area contributed by atoms with Gasteiger partial charge in [0, 0.05) is 5.56 Å². The number of ether oxygens (including phenoxy) is 3. The Morgan fingerprint density at radius 3 is 2.21 bits per heavy atom. The van der Waals surface area contributed by atoms with Crippen LogP contribution >= 0.6 is 0 Å². The van der Waals surface area contributed by atoms with Crippen molar-refractivity contribution in [1.29, 1.82) is 0 Å². The van der Waals surface area contributed by atoms with Gasteiger partial charge in [-0.05, 0) is 24.3 Å². The lowest BCUT2D eigenvalue weighted by Crippen LogP contribution is -2.54. The summed E-state index contributed by atoms with van der Waals surface area (Å²) in [4.78, 5) is 38.6. The summed E-state index contributed by atoms with van der Waals surface area (Å²) in [6, 6.07) is 10.7. The Hall–Kier alpha value is -3.81. The van der Waals surface area contributed by atoms with Gasteiger partial charge in [0.1, 0.15) is 11.3 Å². The van der Waals surface area contributed by atoms with Gasteiger partial charge in [0.05, 0.1) is 27.0 Å². The number of methoxy groups -OCH3 is 3. The molecular formula is C20H18N2O6. The number of para-hydroxylation sites is 3. The predicted molar refractivity (Wildman–Crippen MR) is 102 cm³/mol. The van der Waals surface area contributed by atoms with Crippen molar-refractivity contribution in [2.45, 2.75) is 0 Å². The molecule has 144 valence electrons. The number of carbonyl (C=O) groups is 3.